The number of aromatic hydroxyl groups is 1. The number of benzene rings is 4. The second-order valence-corrected chi connectivity index (χ2v) is 36.2. The molecule has 0 radical (unpaired) electrons. The fourth-order valence-corrected chi connectivity index (χ4v) is 18.2. The van der Waals surface area contributed by atoms with Crippen LogP contribution >= 0.6 is 11.8 Å². The van der Waals surface area contributed by atoms with Gasteiger partial charge in [-0.25, -0.2) is 4.98 Å². The molecule has 0 spiro atoms. The summed E-state index contributed by atoms with van der Waals surface area (Å²) in [5.74, 6) is -19.5. The van der Waals surface area contributed by atoms with Crippen LogP contribution in [0.4, 0.5) is 0 Å². The summed E-state index contributed by atoms with van der Waals surface area (Å²) in [6, 6.07) is 7.06. The number of carbonyl (C=O) groups excluding carboxylic acids is 16. The molecule has 0 bridgehead atoms. The summed E-state index contributed by atoms with van der Waals surface area (Å²) < 4.78 is 0. The number of carboxylic acid groups (broad SMARTS) is 2. The van der Waals surface area contributed by atoms with Crippen LogP contribution in [0, 0.1) is 5.92 Å². The third-order valence-corrected chi connectivity index (χ3v) is 26.1. The molecule has 3 fully saturated rings. The molecule has 742 valence electrons. The zero-order valence-electron chi connectivity index (χ0n) is 78.2. The third-order valence-electron chi connectivity index (χ3n) is 25.1. The monoisotopic (exact) mass is 1930 g/mol. The van der Waals surface area contributed by atoms with Crippen molar-refractivity contribution < 1.29 is 102 Å². The molecule has 16 amide bonds. The number of hydrogen-bond donors (Lipinski definition) is 18. The van der Waals surface area contributed by atoms with Crippen molar-refractivity contribution in [2.75, 3.05) is 58.8 Å². The molecule has 6 heterocycles. The molecule has 0 saturated carbocycles. The van der Waals surface area contributed by atoms with Crippen LogP contribution in [0.1, 0.15) is 139 Å². The van der Waals surface area contributed by atoms with E-state index in [0.717, 1.165) is 27.1 Å². The Balaban J connectivity index is 1.03. The van der Waals surface area contributed by atoms with Gasteiger partial charge < -0.3 is 119 Å². The first-order valence-electron chi connectivity index (χ1n) is 46.3. The van der Waals surface area contributed by atoms with Crippen LogP contribution in [0.3, 0.4) is 0 Å². The number of thioether (sulfide) groups is 1. The number of phenols is 1. The molecule has 0 aliphatic carbocycles. The number of carbonyl (C=O) groups is 18. The van der Waals surface area contributed by atoms with Gasteiger partial charge in [-0.2, -0.15) is 0 Å². The summed E-state index contributed by atoms with van der Waals surface area (Å²) in [7, 11) is 3.94. The molecule has 4 aromatic carbocycles. The fraction of sp³-hybridized carbons (Fsp3) is 0.484. The predicted octanol–water partition coefficient (Wildman–Crippen LogP) is 0.100. The highest BCUT2D eigenvalue weighted by Crippen LogP contribution is 2.31. The number of nitrogens with zero attached hydrogens (tertiary/aromatic N) is 6. The summed E-state index contributed by atoms with van der Waals surface area (Å²) in [4.78, 5) is 283. The van der Waals surface area contributed by atoms with E-state index in [4.69, 9.17) is 11.5 Å². The highest BCUT2D eigenvalue weighted by atomic mass is 32.2. The number of para-hydroxylation sites is 2. The first-order valence-corrected chi connectivity index (χ1v) is 47.4. The molecule has 3 saturated heterocycles. The number of aliphatic carboxylic acids is 2. The lowest BCUT2D eigenvalue weighted by molar-refractivity contribution is -0.149. The van der Waals surface area contributed by atoms with Crippen molar-refractivity contribution in [2.45, 2.75) is 228 Å². The molecule has 3 aliphatic rings. The molecule has 7 aromatic rings. The highest BCUT2D eigenvalue weighted by Gasteiger charge is 2.47. The van der Waals surface area contributed by atoms with Gasteiger partial charge in [0.15, 0.2) is 0 Å². The van der Waals surface area contributed by atoms with Crippen LogP contribution in [0.5, 0.6) is 5.75 Å². The van der Waals surface area contributed by atoms with E-state index in [-0.39, 0.29) is 95.3 Å². The van der Waals surface area contributed by atoms with E-state index >= 15 is 33.6 Å². The Morgan fingerprint density at radius 2 is 1.05 bits per heavy atom. The topological polar surface area (TPSA) is 617 Å². The lowest BCUT2D eigenvalue weighted by Gasteiger charge is -2.36. The maximum Gasteiger partial charge on any atom is 0.305 e. The average molecular weight is 1930 g/mol. The SMILES string of the molecule is CCCC[C@H]1C(=O)N(C)[C@@H](CCCC)C(=O)N[C@@H](C)C(=O)N[C@H](C(=O)NCC(N)=O)CSCC(=O)N[C@@H](Cc2ccc(O)cc2)C(=O)N(C)[C@@H](C)C(=O)N[C@@H](CC(=O)O)C(=O)N2CCC[C@H]2C(=O)N[C@@H](Cc2c[nH]cn2)C(=O)N[C@@H](CCC(=O)O)C(=O)N2C[C@H](Cc3ccccc3)C[C@H]2C(=O)N[C@@H](Cc2c[nH]c3ccccc23)C(=O)N[C@@H](CCN)C(=O)N[C@@H](Cc2c[nH]c3ccccc23)C(=O)N1C. The molecule has 15 atom stereocenters. The quantitative estimate of drug-likeness (QED) is 0.0342. The number of nitrogens with two attached hydrogens (primary N) is 2. The summed E-state index contributed by atoms with van der Waals surface area (Å²) in [5, 5.41) is 58.6. The molecule has 3 aromatic heterocycles. The smallest absolute Gasteiger partial charge is 0.305 e. The standard InChI is InChI=1S/C95H125N21O21S/c1-8-10-26-74-88(130)103-53(3)82(124)111-73(84(126)101-48-78(97)118)50-138-51-79(119)104-70(39-56-29-31-61(117)32-30-56)91(133)112(5)54(4)83(125)109-72(44-81(122)123)94(136)115-37-19-28-75(115)89(131)108-69(43-60-47-98-52-102-60)87(129)106-67(33-34-80(120)121)93(135)116-49-57(38-55-20-13-12-14-21-55)40-77(116)90(132)107-68(41-58-45-99-64-24-17-15-22-62(58)64)86(128)105-66(35-36-96)85(127)110-71(42-59-46-100-65-25-18-16-23-63(59)65)92(134)114(7)76(27-11-9-2)95(137)113(74)6/h12-18,20-25,29-32,45-47,52-54,57,66-77,99-100,117H,8-11,19,26-28,33-44,48-51,96H2,1-7H3,(H2,97,118)(H,98,102)(H,101,126)(H,103,130)(H,104,119)(H,105,128)(H,106,129)(H,107,132)(H,108,131)(H,109,125)(H,110,127)(H,111,124)(H,120,121)(H,122,123)/t53-,54-,57+,66-,67-,68-,69-,70-,71-,72-,73-,74-,75-,76-,77-/m0/s1. The number of H-pyrrole nitrogens is 3. The molecule has 20 N–H and O–H groups in total. The molecular weight excluding hydrogens is 1800 g/mol. The van der Waals surface area contributed by atoms with Gasteiger partial charge in [-0.1, -0.05) is 118 Å². The molecule has 43 heteroatoms. The number of fused-ring (bicyclic) bond motifs is 4. The van der Waals surface area contributed by atoms with Crippen LogP contribution in [0.15, 0.2) is 128 Å². The van der Waals surface area contributed by atoms with Gasteiger partial charge in [0.25, 0.3) is 0 Å². The zero-order valence-corrected chi connectivity index (χ0v) is 79.0. The van der Waals surface area contributed by atoms with Crippen molar-refractivity contribution in [3.05, 3.63) is 156 Å². The number of carboxylic acids is 2. The summed E-state index contributed by atoms with van der Waals surface area (Å²) >= 11 is 0.770. The minimum atomic E-state index is -1.93. The van der Waals surface area contributed by atoms with Gasteiger partial charge >= 0.3 is 11.9 Å². The van der Waals surface area contributed by atoms with Crippen LogP contribution in [-0.2, 0) is 118 Å². The number of imidazole rings is 1. The Morgan fingerprint density at radius 3 is 1.66 bits per heavy atom. The highest BCUT2D eigenvalue weighted by molar-refractivity contribution is 8.00. The van der Waals surface area contributed by atoms with Crippen molar-refractivity contribution in [3.8, 4) is 5.75 Å². The van der Waals surface area contributed by atoms with Gasteiger partial charge in [0.1, 0.15) is 90.3 Å². The van der Waals surface area contributed by atoms with Crippen LogP contribution in [0.25, 0.3) is 21.8 Å². The van der Waals surface area contributed by atoms with Crippen LogP contribution < -0.4 is 64.6 Å². The maximum absolute atomic E-state index is 15.8. The van der Waals surface area contributed by atoms with E-state index in [1.807, 2.05) is 26.0 Å². The Kier molecular flexibility index (Phi) is 38.7. The summed E-state index contributed by atoms with van der Waals surface area (Å²) in [6.45, 7) is 4.94. The van der Waals surface area contributed by atoms with Gasteiger partial charge in [0, 0.05) is 112 Å². The summed E-state index contributed by atoms with van der Waals surface area (Å²) in [5.41, 5.74) is 15.5. The van der Waals surface area contributed by atoms with E-state index in [1.165, 1.54) is 86.5 Å². The van der Waals surface area contributed by atoms with Crippen molar-refractivity contribution in [1.29, 1.82) is 0 Å². The largest absolute Gasteiger partial charge is 0.508 e. The number of aromatic amines is 3. The summed E-state index contributed by atoms with van der Waals surface area (Å²) in [6.07, 6.45) is 4.20. The number of rotatable bonds is 26. The first kappa shape index (κ1) is 106. The van der Waals surface area contributed by atoms with Gasteiger partial charge in [0.05, 0.1) is 30.7 Å². The Labute approximate surface area is 801 Å². The molecule has 138 heavy (non-hydrogen) atoms. The van der Waals surface area contributed by atoms with Crippen molar-refractivity contribution in [3.63, 3.8) is 0 Å². The number of aromatic nitrogens is 4. The predicted molar refractivity (Wildman–Crippen MR) is 506 cm³/mol. The van der Waals surface area contributed by atoms with E-state index in [9.17, 15) is 68.1 Å². The van der Waals surface area contributed by atoms with E-state index in [2.05, 4.69) is 73.1 Å². The van der Waals surface area contributed by atoms with Gasteiger partial charge in [0.2, 0.25) is 94.5 Å². The van der Waals surface area contributed by atoms with Gasteiger partial charge in [-0.3, -0.25) is 86.3 Å². The third kappa shape index (κ3) is 28.9. The normalized spacial score (nSPS) is 24.4. The molecular formula is C95H125N21O21S. The molecule has 42 nitrogen and oxygen atoms in total. The molecule has 0 unspecified atom stereocenters. The van der Waals surface area contributed by atoms with Crippen molar-refractivity contribution in [1.82, 2.24) is 97.6 Å². The number of hydrogen-bond acceptors (Lipinski definition) is 22. The number of primary amides is 1. The van der Waals surface area contributed by atoms with Crippen molar-refractivity contribution in [2.24, 2.45) is 17.4 Å². The molecule has 3 aliphatic heterocycles. The van der Waals surface area contributed by atoms with E-state index in [1.54, 1.807) is 79.1 Å². The fourth-order valence-electron chi connectivity index (χ4n) is 17.4. The Hall–Kier alpha value is -14.3. The van der Waals surface area contributed by atoms with E-state index in [0.29, 0.717) is 64.2 Å². The van der Waals surface area contributed by atoms with Crippen LogP contribution in [0.2, 0.25) is 0 Å². The second kappa shape index (κ2) is 50.5. The van der Waals surface area contributed by atoms with Gasteiger partial charge in [-0.15, -0.1) is 11.8 Å². The Morgan fingerprint density at radius 1 is 0.507 bits per heavy atom. The minimum absolute atomic E-state index is 0.0275. The molecule has 10 rings (SSSR count). The number of unbranched alkanes of at least 4 members (excludes halogenated alkanes) is 2. The number of amides is 16. The second-order valence-electron chi connectivity index (χ2n) is 35.2. The lowest BCUT2D eigenvalue weighted by Crippen LogP contribution is -2.61. The number of phenolic OH excluding ortho intramolecular Hbond substituents is 1. The van der Waals surface area contributed by atoms with Crippen molar-refractivity contribution >= 4 is 140 Å². The average Bonchev–Trinajstić information content (AvgIpc) is 1.60. The number of likely N-dealkylation sites (N-methyl/N-ethyl adjacent to an activating group) is 3. The zero-order chi connectivity index (χ0) is 100. The maximum atomic E-state index is 15.8. The minimum Gasteiger partial charge on any atom is -0.508 e. The Bertz CT molecular complexity index is 5500. The first-order chi connectivity index (χ1) is 65.9. The lowest BCUT2D eigenvalue weighted by atomic mass is 9.96. The van der Waals surface area contributed by atoms with Crippen LogP contribution in [-0.4, -0.2) is 310 Å². The van der Waals surface area contributed by atoms with E-state index < -0.39 is 241 Å². The number of nitrogens with one attached hydrogen (secondary N) is 13. The van der Waals surface area contributed by atoms with Gasteiger partial charge in [-0.05, 0) is 124 Å².